The number of fused-ring (bicyclic) bond motifs is 1. The van der Waals surface area contributed by atoms with Gasteiger partial charge in [-0.3, -0.25) is 9.59 Å². The second-order valence-electron chi connectivity index (χ2n) is 14.2. The smallest absolute Gasteiger partial charge is 0.395 e. The minimum absolute atomic E-state index is 0.00635. The van der Waals surface area contributed by atoms with Crippen LogP contribution in [0.4, 0.5) is 8.78 Å². The van der Waals surface area contributed by atoms with Crippen LogP contribution in [0.15, 0.2) is 91.1 Å². The number of aliphatic hydroxyl groups is 2. The van der Waals surface area contributed by atoms with Crippen LogP contribution in [0.5, 0.6) is 11.5 Å². The summed E-state index contributed by atoms with van der Waals surface area (Å²) in [5, 5.41) is 28.4. The number of alkyl halides is 2. The number of carbonyl (C=O) groups is 2. The molecule has 5 N–H and O–H groups in total. The summed E-state index contributed by atoms with van der Waals surface area (Å²) in [4.78, 5) is 26.1. The highest BCUT2D eigenvalue weighted by atomic mass is 33.1. The van der Waals surface area contributed by atoms with Gasteiger partial charge in [-0.1, -0.05) is 107 Å². The molecule has 9 nitrogen and oxygen atoms in total. The van der Waals surface area contributed by atoms with Gasteiger partial charge in [-0.25, -0.2) is 0 Å². The van der Waals surface area contributed by atoms with Gasteiger partial charge >= 0.3 is 6.29 Å². The molecule has 1 fully saturated rings. The van der Waals surface area contributed by atoms with Crippen LogP contribution in [0.2, 0.25) is 0 Å². The van der Waals surface area contributed by atoms with Crippen molar-refractivity contribution in [1.82, 2.24) is 16.0 Å². The van der Waals surface area contributed by atoms with Gasteiger partial charge in [-0.05, 0) is 89.3 Å². The van der Waals surface area contributed by atoms with Crippen molar-refractivity contribution >= 4 is 33.4 Å². The van der Waals surface area contributed by atoms with Gasteiger partial charge in [0, 0.05) is 36.6 Å². The molecule has 1 heterocycles. The van der Waals surface area contributed by atoms with Crippen LogP contribution in [-0.2, 0) is 15.0 Å². The Labute approximate surface area is 340 Å². The maximum atomic E-state index is 13.8. The summed E-state index contributed by atoms with van der Waals surface area (Å²) in [5.74, 6) is 0.248. The second-order valence-corrected chi connectivity index (χ2v) is 17.3. The molecule has 1 saturated carbocycles. The zero-order chi connectivity index (χ0) is 40.7. The van der Waals surface area contributed by atoms with E-state index < -0.39 is 35.2 Å². The molecule has 310 valence electrons. The molecule has 1 aromatic carbocycles. The van der Waals surface area contributed by atoms with E-state index in [-0.39, 0.29) is 29.9 Å². The first-order valence-electron chi connectivity index (χ1n) is 19.6. The summed E-state index contributed by atoms with van der Waals surface area (Å²) in [7, 11) is 3.16. The minimum Gasteiger partial charge on any atom is -0.395 e. The van der Waals surface area contributed by atoms with Crippen molar-refractivity contribution in [2.24, 2.45) is 0 Å². The number of nitrogens with one attached hydrogen (secondary N) is 3. The van der Waals surface area contributed by atoms with Crippen molar-refractivity contribution in [2.45, 2.75) is 114 Å². The maximum absolute atomic E-state index is 13.8. The average molecular weight is 818 g/mol. The zero-order valence-electron chi connectivity index (χ0n) is 33.0. The quantitative estimate of drug-likeness (QED) is 0.0323. The summed E-state index contributed by atoms with van der Waals surface area (Å²) < 4.78 is 35.9. The summed E-state index contributed by atoms with van der Waals surface area (Å²) in [6, 6.07) is 4.07. The van der Waals surface area contributed by atoms with E-state index in [1.165, 1.54) is 12.1 Å². The Hall–Kier alpha value is -3.36. The number of halogens is 2. The number of allylic oxidation sites excluding steroid dienone is 12. The maximum Gasteiger partial charge on any atom is 0.586 e. The van der Waals surface area contributed by atoms with Crippen molar-refractivity contribution in [3.8, 4) is 11.5 Å². The van der Waals surface area contributed by atoms with Gasteiger partial charge in [0.05, 0.1) is 24.2 Å². The Balaban J connectivity index is 1.33. The van der Waals surface area contributed by atoms with E-state index in [2.05, 4.69) is 99.2 Å². The van der Waals surface area contributed by atoms with Crippen LogP contribution < -0.4 is 25.4 Å². The Morgan fingerprint density at radius 3 is 2.02 bits per heavy atom. The standard InChI is InChI=1S/C43H61F2N3O6S2/c1-4-5-6-7-8-9-10-11-12-13-14-15-16-17-18-19-20-21-22-23-39(51)47-28-29-55-56-41(2,3)38(32-46-31-35(50)33-49)48-40(52)42(26-27-42)34-24-25-36-37(30-34)54-43(44,45)53-36/h5-6,8-9,11-12,14-15,17-18,20-21,24-25,30,35,38,46,49-50H,4,7,10,13,16,19,22-23,26-29,31-33H2,1-3H3,(H,47,51)(H,48,52)/b6-5-,9-8-,12-11-,15-14-,18-17-,21-20-/t35-,38-/m1/s1. The fourth-order valence-corrected chi connectivity index (χ4v) is 8.26. The van der Waals surface area contributed by atoms with Gasteiger partial charge in [-0.15, -0.1) is 8.78 Å². The van der Waals surface area contributed by atoms with Crippen molar-refractivity contribution in [1.29, 1.82) is 0 Å². The number of hydrogen-bond donors (Lipinski definition) is 5. The van der Waals surface area contributed by atoms with E-state index in [4.69, 9.17) is 0 Å². The predicted molar refractivity (Wildman–Crippen MR) is 226 cm³/mol. The van der Waals surface area contributed by atoms with Crippen molar-refractivity contribution < 1.29 is 38.1 Å². The number of carbonyl (C=O) groups excluding carboxylic acids is 2. The lowest BCUT2D eigenvalue weighted by atomic mass is 9.93. The lowest BCUT2D eigenvalue weighted by Crippen LogP contribution is -2.55. The number of ether oxygens (including phenoxy) is 2. The van der Waals surface area contributed by atoms with Crippen LogP contribution in [0.1, 0.15) is 90.5 Å². The number of amides is 2. The molecule has 56 heavy (non-hydrogen) atoms. The Kier molecular flexibility index (Phi) is 21.1. The number of hydrogen-bond acceptors (Lipinski definition) is 9. The average Bonchev–Trinajstić information content (AvgIpc) is 3.91. The Bertz CT molecular complexity index is 1540. The molecule has 0 spiro atoms. The lowest BCUT2D eigenvalue weighted by Gasteiger charge is -2.35. The molecule has 13 heteroatoms. The molecule has 0 unspecified atom stereocenters. The molecule has 0 aromatic heterocycles. The van der Waals surface area contributed by atoms with Gasteiger partial charge in [-0.2, -0.15) is 0 Å². The SMILES string of the molecule is CC/C=C\C/C=C\C/C=C\C/C=C\C/C=C\C/C=C\CCC(=O)NCCSSC(C)(C)[C@@H](CNC[C@@H](O)CO)NC(=O)C1(c2ccc3c(c2)OC(F)(F)O3)CC1. The van der Waals surface area contributed by atoms with Crippen LogP contribution in [0, 0.1) is 0 Å². The van der Waals surface area contributed by atoms with Crippen molar-refractivity contribution in [3.63, 3.8) is 0 Å². The highest BCUT2D eigenvalue weighted by Gasteiger charge is 2.53. The molecule has 1 aliphatic heterocycles. The summed E-state index contributed by atoms with van der Waals surface area (Å²) in [5.41, 5.74) is -0.295. The van der Waals surface area contributed by atoms with Crippen LogP contribution >= 0.6 is 21.6 Å². The molecule has 0 bridgehead atoms. The zero-order valence-corrected chi connectivity index (χ0v) is 34.7. The molecule has 1 aliphatic carbocycles. The number of benzene rings is 1. The fraction of sp³-hybridized carbons (Fsp3) is 0.535. The topological polar surface area (TPSA) is 129 Å². The third-order valence-corrected chi connectivity index (χ3v) is 12.5. The van der Waals surface area contributed by atoms with Crippen molar-refractivity contribution in [2.75, 3.05) is 32.0 Å². The van der Waals surface area contributed by atoms with Crippen LogP contribution in [-0.4, -0.2) is 77.2 Å². The normalized spacial score (nSPS) is 17.3. The van der Waals surface area contributed by atoms with E-state index in [0.29, 0.717) is 50.1 Å². The summed E-state index contributed by atoms with van der Waals surface area (Å²) >= 11 is 0. The van der Waals surface area contributed by atoms with Crippen LogP contribution in [0.3, 0.4) is 0 Å². The summed E-state index contributed by atoms with van der Waals surface area (Å²) in [6.45, 7) is 6.72. The molecular weight excluding hydrogens is 757 g/mol. The van der Waals surface area contributed by atoms with E-state index in [0.717, 1.165) is 38.5 Å². The third kappa shape index (κ3) is 17.4. The van der Waals surface area contributed by atoms with Crippen molar-refractivity contribution in [3.05, 3.63) is 96.7 Å². The highest BCUT2D eigenvalue weighted by Crippen LogP contribution is 2.52. The molecule has 2 atom stereocenters. The van der Waals surface area contributed by atoms with E-state index >= 15 is 0 Å². The van der Waals surface area contributed by atoms with E-state index in [1.807, 2.05) is 19.9 Å². The fourth-order valence-electron chi connectivity index (χ4n) is 5.67. The van der Waals surface area contributed by atoms with Gasteiger partial charge in [0.1, 0.15) is 0 Å². The first-order valence-corrected chi connectivity index (χ1v) is 21.9. The monoisotopic (exact) mass is 817 g/mol. The molecule has 3 rings (SSSR count). The van der Waals surface area contributed by atoms with Gasteiger partial charge in [0.2, 0.25) is 11.8 Å². The summed E-state index contributed by atoms with van der Waals surface area (Å²) in [6.07, 6.45) is 29.1. The highest BCUT2D eigenvalue weighted by molar-refractivity contribution is 8.77. The Morgan fingerprint density at radius 2 is 1.45 bits per heavy atom. The van der Waals surface area contributed by atoms with E-state index in [9.17, 15) is 28.6 Å². The van der Waals surface area contributed by atoms with Gasteiger partial charge < -0.3 is 35.6 Å². The molecule has 0 saturated heterocycles. The van der Waals surface area contributed by atoms with Gasteiger partial charge in [0.25, 0.3) is 0 Å². The number of aliphatic hydroxyl groups excluding tert-OH is 2. The first kappa shape index (κ1) is 47.0. The second kappa shape index (κ2) is 25.1. The first-order chi connectivity index (χ1) is 26.9. The predicted octanol–water partition coefficient (Wildman–Crippen LogP) is 8.22. The third-order valence-electron chi connectivity index (χ3n) is 9.14. The lowest BCUT2D eigenvalue weighted by molar-refractivity contribution is -0.286. The van der Waals surface area contributed by atoms with Crippen LogP contribution in [0.25, 0.3) is 0 Å². The molecule has 2 amide bonds. The number of rotatable bonds is 28. The molecule has 1 aromatic rings. The van der Waals surface area contributed by atoms with E-state index in [1.54, 1.807) is 27.7 Å². The largest absolute Gasteiger partial charge is 0.586 e. The molecule has 2 aliphatic rings. The van der Waals surface area contributed by atoms with Gasteiger partial charge in [0.15, 0.2) is 11.5 Å². The minimum atomic E-state index is -3.74. The Morgan fingerprint density at radius 1 is 0.875 bits per heavy atom. The molecule has 0 radical (unpaired) electrons. The molecular formula is C43H61F2N3O6S2.